The molecule has 0 radical (unpaired) electrons. The molecule has 0 saturated carbocycles. The molecule has 0 spiro atoms. The van der Waals surface area contributed by atoms with E-state index in [4.69, 9.17) is 9.97 Å². The minimum absolute atomic E-state index is 0.307. The topological polar surface area (TPSA) is 220 Å². The molecule has 1 aliphatic carbocycles. The fourth-order valence-corrected chi connectivity index (χ4v) is 15.1. The summed E-state index contributed by atoms with van der Waals surface area (Å²) in [5, 5.41) is 10.4. The van der Waals surface area contributed by atoms with Gasteiger partial charge in [-0.1, -0.05) is 164 Å². The lowest BCUT2D eigenvalue weighted by molar-refractivity contribution is 0.481. The highest BCUT2D eigenvalue weighted by Gasteiger charge is 2.32. The van der Waals surface area contributed by atoms with Gasteiger partial charge in [0, 0.05) is 66.1 Å². The summed E-state index contributed by atoms with van der Waals surface area (Å²) in [6, 6.07) is 77.4. The molecule has 92 heavy (non-hydrogen) atoms. The third-order valence-corrected chi connectivity index (χ3v) is 20.5. The molecule has 0 unspecified atom stereocenters. The van der Waals surface area contributed by atoms with E-state index < -0.39 is 30.4 Å². The average Bonchev–Trinajstić information content (AvgIpc) is 1.57. The van der Waals surface area contributed by atoms with Crippen molar-refractivity contribution in [2.24, 2.45) is 0 Å². The van der Waals surface area contributed by atoms with Gasteiger partial charge in [0.1, 0.15) is 0 Å². The van der Waals surface area contributed by atoms with Gasteiger partial charge < -0.3 is 9.97 Å². The SMILES string of the molecule is O=S(=O)(O)c1ccc(-c2c3nc(c(-c4ccc(S(=O)(=O)O)cc4)c4[nH]c(c(-c5ccc(S(=O)(=O)O)cc5)c5nc(c(-c6ccccc6)c6[nH]c2c2cc7ccccc7cc62)-c2cc6ccccc6cc2-5)c2cc5ccccc5cc42)-c2cc4ccccc4cc2-3)cc1. The first kappa shape index (κ1) is 55.1. The van der Waals surface area contributed by atoms with Gasteiger partial charge in [0.15, 0.2) is 0 Å². The van der Waals surface area contributed by atoms with E-state index >= 15 is 0 Å². The first-order valence-electron chi connectivity index (χ1n) is 29.4. The Kier molecular flexibility index (Phi) is 12.2. The molecule has 13 nitrogen and oxygen atoms in total. The van der Waals surface area contributed by atoms with Crippen LogP contribution in [0.3, 0.4) is 0 Å². The molecule has 16 heteroatoms. The largest absolute Gasteiger partial charge is 0.353 e. The molecule has 2 aromatic heterocycles. The lowest BCUT2D eigenvalue weighted by Crippen LogP contribution is -1.97. The molecule has 14 aromatic rings. The van der Waals surface area contributed by atoms with Crippen molar-refractivity contribution >= 4 is 117 Å². The molecule has 8 bridgehead atoms. The normalized spacial score (nSPS) is 12.6. The van der Waals surface area contributed by atoms with Crippen LogP contribution in [0.5, 0.6) is 0 Å². The van der Waals surface area contributed by atoms with E-state index in [0.717, 1.165) is 86.9 Å². The number of nitrogens with one attached hydrogen (secondary N) is 2. The minimum Gasteiger partial charge on any atom is -0.353 e. The van der Waals surface area contributed by atoms with Gasteiger partial charge in [-0.15, -0.1) is 0 Å². The Labute approximate surface area is 525 Å². The van der Waals surface area contributed by atoms with Gasteiger partial charge in [-0.25, -0.2) is 9.97 Å². The average molecular weight is 1260 g/mol. The maximum atomic E-state index is 12.9. The third kappa shape index (κ3) is 8.87. The van der Waals surface area contributed by atoms with E-state index in [9.17, 15) is 38.9 Å². The van der Waals surface area contributed by atoms with Gasteiger partial charge in [0.05, 0.1) is 59.5 Å². The molecule has 17 rings (SSSR count). The van der Waals surface area contributed by atoms with Crippen molar-refractivity contribution in [3.63, 3.8) is 0 Å². The number of fused-ring (bicyclic) bond motifs is 4. The predicted molar refractivity (Wildman–Crippen MR) is 366 cm³/mol. The van der Waals surface area contributed by atoms with Crippen molar-refractivity contribution in [2.75, 3.05) is 0 Å². The van der Waals surface area contributed by atoms with Crippen LogP contribution in [0, 0.1) is 0 Å². The molecule has 0 fully saturated rings. The second-order valence-corrected chi connectivity index (χ2v) is 27.5. The first-order chi connectivity index (χ1) is 44.5. The second-order valence-electron chi connectivity index (χ2n) is 23.2. The van der Waals surface area contributed by atoms with Crippen LogP contribution in [0.2, 0.25) is 0 Å². The summed E-state index contributed by atoms with van der Waals surface area (Å²) < 4.78 is 109. The lowest BCUT2D eigenvalue weighted by Gasteiger charge is -2.11. The minimum atomic E-state index is -4.69. The molecule has 3 aliphatic rings. The first-order valence-corrected chi connectivity index (χ1v) is 33.7. The molecule has 5 N–H and O–H groups in total. The summed E-state index contributed by atoms with van der Waals surface area (Å²) in [7, 11) is -14.0. The number of aromatic amines is 2. The summed E-state index contributed by atoms with van der Waals surface area (Å²) in [5.74, 6) is 0. The van der Waals surface area contributed by atoms with Crippen LogP contribution < -0.4 is 0 Å². The van der Waals surface area contributed by atoms with Gasteiger partial charge in [-0.2, -0.15) is 25.3 Å². The maximum Gasteiger partial charge on any atom is 0.294 e. The Balaban J connectivity index is 1.22. The summed E-state index contributed by atoms with van der Waals surface area (Å²) in [6.45, 7) is 0. The van der Waals surface area contributed by atoms with Gasteiger partial charge in [-0.05, 0) is 150 Å². The van der Waals surface area contributed by atoms with Gasteiger partial charge >= 0.3 is 0 Å². The molecule has 2 aliphatic heterocycles. The lowest BCUT2D eigenvalue weighted by atomic mass is 9.91. The number of hydrogen-bond donors (Lipinski definition) is 5. The van der Waals surface area contributed by atoms with Crippen LogP contribution in [0.25, 0.3) is 176 Å². The Morgan fingerprint density at radius 2 is 0.457 bits per heavy atom. The molecule has 0 atom stereocenters. The van der Waals surface area contributed by atoms with Gasteiger partial charge in [0.2, 0.25) is 0 Å². The van der Waals surface area contributed by atoms with Crippen LogP contribution in [0.4, 0.5) is 0 Å². The highest BCUT2D eigenvalue weighted by molar-refractivity contribution is 7.86. The Hall–Kier alpha value is -11.0. The number of aromatic nitrogens is 4. The van der Waals surface area contributed by atoms with Crippen LogP contribution in [-0.2, 0) is 30.4 Å². The van der Waals surface area contributed by atoms with E-state index in [1.165, 1.54) is 36.4 Å². The number of hydrogen-bond acceptors (Lipinski definition) is 8. The summed E-state index contributed by atoms with van der Waals surface area (Å²) in [4.78, 5) is 19.0. The number of H-pyrrole nitrogens is 2. The summed E-state index contributed by atoms with van der Waals surface area (Å²) in [5.41, 5.74) is 12.3. The number of benzene rings is 12. The summed E-state index contributed by atoms with van der Waals surface area (Å²) in [6.07, 6.45) is 0. The number of nitrogens with zero attached hydrogens (tertiary/aromatic N) is 2. The molecular formula is C76H46N4O9S3. The molecule has 12 aromatic carbocycles. The van der Waals surface area contributed by atoms with Crippen molar-refractivity contribution in [3.05, 3.63) is 249 Å². The van der Waals surface area contributed by atoms with E-state index in [0.29, 0.717) is 89.4 Å². The quantitative estimate of drug-likeness (QED) is 0.0945. The van der Waals surface area contributed by atoms with E-state index in [-0.39, 0.29) is 14.7 Å². The Bertz CT molecular complexity index is 6240. The van der Waals surface area contributed by atoms with Crippen molar-refractivity contribution in [1.29, 1.82) is 0 Å². The van der Waals surface area contributed by atoms with Crippen molar-refractivity contribution < 1.29 is 38.9 Å². The molecule has 442 valence electrons. The number of rotatable bonds is 7. The van der Waals surface area contributed by atoms with Crippen molar-refractivity contribution in [3.8, 4) is 89.5 Å². The second kappa shape index (κ2) is 20.3. The van der Waals surface area contributed by atoms with Crippen LogP contribution >= 0.6 is 0 Å². The van der Waals surface area contributed by atoms with Crippen LogP contribution in [0.1, 0.15) is 0 Å². The molecule has 0 amide bonds. The van der Waals surface area contributed by atoms with E-state index in [1.807, 2.05) is 91.0 Å². The van der Waals surface area contributed by atoms with Crippen LogP contribution in [0.15, 0.2) is 263 Å². The predicted octanol–water partition coefficient (Wildman–Crippen LogP) is 18.3. The maximum absolute atomic E-state index is 12.9. The highest BCUT2D eigenvalue weighted by atomic mass is 32.2. The standard InChI is InChI=1S/C76H46N4O9S3/c81-90(82,83)54-28-22-43(23-29-54)66-71-59-36-48-16-6-4-14-46(48)34-57(59)69(77-71)65(42-12-2-1-3-13-42)70-58-35-47-15-5-7-17-49(47)37-60(58)72(78-70)67(44-24-30-55(31-25-44)91(84,85)86)74-62-39-51-19-9-11-21-53(51)41-64(62)76(80-74)68(45-26-32-56(33-27-45)92(87,88)89)75-63-40-52-20-10-8-18-50(52)38-61(63)73(66)79-75/h1-41,77,80H,(H,81,82,83)(H,84,85,86)(H,87,88,89). The highest BCUT2D eigenvalue weighted by Crippen LogP contribution is 2.54. The zero-order valence-electron chi connectivity index (χ0n) is 48.1. The Morgan fingerprint density at radius 3 is 0.685 bits per heavy atom. The van der Waals surface area contributed by atoms with Crippen molar-refractivity contribution in [2.45, 2.75) is 14.7 Å². The zero-order chi connectivity index (χ0) is 62.5. The van der Waals surface area contributed by atoms with Gasteiger partial charge in [-0.3, -0.25) is 13.7 Å². The molecule has 0 saturated heterocycles. The molecular weight excluding hydrogens is 1210 g/mol. The van der Waals surface area contributed by atoms with Crippen molar-refractivity contribution in [1.82, 2.24) is 19.9 Å². The van der Waals surface area contributed by atoms with E-state index in [2.05, 4.69) is 94.9 Å². The van der Waals surface area contributed by atoms with Gasteiger partial charge in [0.25, 0.3) is 30.4 Å². The van der Waals surface area contributed by atoms with Crippen LogP contribution in [-0.4, -0.2) is 58.8 Å². The third-order valence-electron chi connectivity index (χ3n) is 17.9. The monoisotopic (exact) mass is 1250 g/mol. The smallest absolute Gasteiger partial charge is 0.294 e. The summed E-state index contributed by atoms with van der Waals surface area (Å²) >= 11 is 0. The Morgan fingerprint density at radius 1 is 0.250 bits per heavy atom. The fraction of sp³-hybridized carbons (Fsp3) is 0. The fourth-order valence-electron chi connectivity index (χ4n) is 13.7. The molecule has 4 heterocycles. The van der Waals surface area contributed by atoms with E-state index in [1.54, 1.807) is 36.4 Å². The zero-order valence-corrected chi connectivity index (χ0v) is 50.5.